The second kappa shape index (κ2) is 5.71. The fraction of sp³-hybridized carbons (Fsp3) is 0.200. The Morgan fingerprint density at radius 1 is 1.30 bits per heavy atom. The summed E-state index contributed by atoms with van der Waals surface area (Å²) in [5, 5.41) is 6.21. The van der Waals surface area contributed by atoms with Crippen molar-refractivity contribution in [1.29, 1.82) is 0 Å². The van der Waals surface area contributed by atoms with Crippen molar-refractivity contribution in [3.63, 3.8) is 0 Å². The summed E-state index contributed by atoms with van der Waals surface area (Å²) in [7, 11) is 0. The summed E-state index contributed by atoms with van der Waals surface area (Å²) in [6.07, 6.45) is 5.75. The SMILES string of the molecule is O=C(NC1=CCNCN2CN=CC2=C1)c1ccccc1. The van der Waals surface area contributed by atoms with Gasteiger partial charge in [-0.1, -0.05) is 18.2 Å². The topological polar surface area (TPSA) is 56.7 Å². The van der Waals surface area contributed by atoms with Crippen LogP contribution in [0.2, 0.25) is 0 Å². The van der Waals surface area contributed by atoms with Gasteiger partial charge in [0.25, 0.3) is 5.91 Å². The van der Waals surface area contributed by atoms with Crippen molar-refractivity contribution >= 4 is 12.1 Å². The molecule has 0 aromatic heterocycles. The molecule has 0 aliphatic carbocycles. The van der Waals surface area contributed by atoms with Gasteiger partial charge >= 0.3 is 0 Å². The van der Waals surface area contributed by atoms with Gasteiger partial charge in [0.05, 0.1) is 12.4 Å². The molecule has 5 heteroatoms. The van der Waals surface area contributed by atoms with Crippen LogP contribution in [0.4, 0.5) is 0 Å². The lowest BCUT2D eigenvalue weighted by atomic mass is 10.2. The van der Waals surface area contributed by atoms with Crippen molar-refractivity contribution in [3.05, 3.63) is 59.4 Å². The first-order chi connectivity index (χ1) is 9.83. The zero-order valence-electron chi connectivity index (χ0n) is 11.0. The van der Waals surface area contributed by atoms with Gasteiger partial charge in [-0.2, -0.15) is 0 Å². The highest BCUT2D eigenvalue weighted by molar-refractivity contribution is 5.95. The van der Waals surface area contributed by atoms with E-state index in [-0.39, 0.29) is 5.91 Å². The molecule has 0 bridgehead atoms. The van der Waals surface area contributed by atoms with Crippen molar-refractivity contribution < 1.29 is 4.79 Å². The van der Waals surface area contributed by atoms with Crippen LogP contribution < -0.4 is 10.6 Å². The van der Waals surface area contributed by atoms with E-state index in [9.17, 15) is 4.79 Å². The minimum atomic E-state index is -0.101. The molecule has 5 nitrogen and oxygen atoms in total. The Balaban J connectivity index is 1.77. The van der Waals surface area contributed by atoms with Crippen LogP contribution in [0.25, 0.3) is 0 Å². The van der Waals surface area contributed by atoms with E-state index in [2.05, 4.69) is 20.5 Å². The van der Waals surface area contributed by atoms with E-state index in [0.717, 1.165) is 18.1 Å². The Kier molecular flexibility index (Phi) is 3.60. The third kappa shape index (κ3) is 2.78. The van der Waals surface area contributed by atoms with Crippen LogP contribution in [0.15, 0.2) is 58.9 Å². The smallest absolute Gasteiger partial charge is 0.255 e. The third-order valence-electron chi connectivity index (χ3n) is 3.21. The standard InChI is InChI=1S/C15H16N4O/c20-15(12-4-2-1-3-5-12)18-13-6-7-16-10-19-11-17-9-14(19)8-13/h1-6,8-9,16H,7,10-11H2,(H,18,20). The van der Waals surface area contributed by atoms with Crippen molar-refractivity contribution in [2.75, 3.05) is 19.9 Å². The molecular weight excluding hydrogens is 252 g/mol. The molecule has 1 aromatic rings. The molecule has 0 spiro atoms. The van der Waals surface area contributed by atoms with Gasteiger partial charge in [0.15, 0.2) is 0 Å². The van der Waals surface area contributed by atoms with E-state index in [1.807, 2.05) is 36.6 Å². The summed E-state index contributed by atoms with van der Waals surface area (Å²) in [6, 6.07) is 9.20. The van der Waals surface area contributed by atoms with Crippen LogP contribution in [-0.4, -0.2) is 36.9 Å². The fourth-order valence-corrected chi connectivity index (χ4v) is 2.15. The first-order valence-corrected chi connectivity index (χ1v) is 6.57. The molecule has 1 aromatic carbocycles. The lowest BCUT2D eigenvalue weighted by Crippen LogP contribution is -2.34. The second-order valence-electron chi connectivity index (χ2n) is 4.65. The molecule has 1 amide bonds. The van der Waals surface area contributed by atoms with Crippen molar-refractivity contribution in [2.24, 2.45) is 4.99 Å². The Morgan fingerprint density at radius 2 is 2.15 bits per heavy atom. The Labute approximate surface area is 117 Å². The monoisotopic (exact) mass is 268 g/mol. The summed E-state index contributed by atoms with van der Waals surface area (Å²) >= 11 is 0. The molecule has 102 valence electrons. The highest BCUT2D eigenvalue weighted by Gasteiger charge is 2.15. The summed E-state index contributed by atoms with van der Waals surface area (Å²) < 4.78 is 0. The molecule has 0 atom stereocenters. The molecule has 3 rings (SSSR count). The van der Waals surface area contributed by atoms with Gasteiger partial charge in [-0.15, -0.1) is 0 Å². The second-order valence-corrected chi connectivity index (χ2v) is 4.65. The van der Waals surface area contributed by atoms with E-state index in [4.69, 9.17) is 0 Å². The number of hydrogen-bond acceptors (Lipinski definition) is 4. The maximum atomic E-state index is 12.2. The van der Waals surface area contributed by atoms with Gasteiger partial charge in [0, 0.05) is 24.0 Å². The number of benzene rings is 1. The van der Waals surface area contributed by atoms with Crippen LogP contribution in [0.1, 0.15) is 10.4 Å². The molecule has 2 aliphatic rings. The van der Waals surface area contributed by atoms with E-state index in [0.29, 0.717) is 18.8 Å². The molecule has 0 saturated carbocycles. The number of rotatable bonds is 2. The van der Waals surface area contributed by atoms with Crippen molar-refractivity contribution in [2.45, 2.75) is 0 Å². The maximum Gasteiger partial charge on any atom is 0.255 e. The molecule has 2 aliphatic heterocycles. The predicted octanol–water partition coefficient (Wildman–Crippen LogP) is 1.09. The summed E-state index contributed by atoms with van der Waals surface area (Å²) in [5.41, 5.74) is 2.45. The number of hydrogen-bond donors (Lipinski definition) is 2. The largest absolute Gasteiger partial charge is 0.338 e. The normalized spacial score (nSPS) is 17.7. The number of carbonyl (C=O) groups excluding carboxylic acids is 1. The highest BCUT2D eigenvalue weighted by Crippen LogP contribution is 2.12. The molecule has 2 N–H and O–H groups in total. The van der Waals surface area contributed by atoms with Crippen LogP contribution in [0.3, 0.4) is 0 Å². The zero-order chi connectivity index (χ0) is 13.8. The quantitative estimate of drug-likeness (QED) is 0.844. The number of allylic oxidation sites excluding steroid dienone is 2. The van der Waals surface area contributed by atoms with Gasteiger partial charge in [-0.05, 0) is 24.3 Å². The third-order valence-corrected chi connectivity index (χ3v) is 3.21. The molecule has 0 radical (unpaired) electrons. The van der Waals surface area contributed by atoms with Crippen molar-refractivity contribution in [3.8, 4) is 0 Å². The summed E-state index contributed by atoms with van der Waals surface area (Å²) in [6.45, 7) is 2.14. The van der Waals surface area contributed by atoms with E-state index < -0.39 is 0 Å². The molecule has 0 unspecified atom stereocenters. The molecule has 0 fully saturated rings. The van der Waals surface area contributed by atoms with Crippen molar-refractivity contribution in [1.82, 2.24) is 15.5 Å². The summed E-state index contributed by atoms with van der Waals surface area (Å²) in [4.78, 5) is 18.5. The highest BCUT2D eigenvalue weighted by atomic mass is 16.1. The lowest BCUT2D eigenvalue weighted by molar-refractivity contribution is 0.0967. The molecule has 2 heterocycles. The van der Waals surface area contributed by atoms with Gasteiger partial charge in [0.1, 0.15) is 6.67 Å². The molecular formula is C15H16N4O. The number of nitrogens with one attached hydrogen (secondary N) is 2. The van der Waals surface area contributed by atoms with Gasteiger partial charge < -0.3 is 10.2 Å². The van der Waals surface area contributed by atoms with Gasteiger partial charge in [-0.25, -0.2) is 0 Å². The van der Waals surface area contributed by atoms with E-state index >= 15 is 0 Å². The minimum absolute atomic E-state index is 0.101. The first-order valence-electron chi connectivity index (χ1n) is 6.57. The lowest BCUT2D eigenvalue weighted by Gasteiger charge is -2.21. The fourth-order valence-electron chi connectivity index (χ4n) is 2.15. The predicted molar refractivity (Wildman–Crippen MR) is 78.1 cm³/mol. The van der Waals surface area contributed by atoms with E-state index in [1.54, 1.807) is 12.1 Å². The Bertz CT molecular complexity index is 589. The first kappa shape index (κ1) is 12.6. The van der Waals surface area contributed by atoms with Gasteiger partial charge in [0.2, 0.25) is 0 Å². The zero-order valence-corrected chi connectivity index (χ0v) is 11.0. The number of nitrogens with zero attached hydrogens (tertiary/aromatic N) is 2. The van der Waals surface area contributed by atoms with Gasteiger partial charge in [-0.3, -0.25) is 15.1 Å². The average molecular weight is 268 g/mol. The molecule has 20 heavy (non-hydrogen) atoms. The average Bonchev–Trinajstić information content (AvgIpc) is 2.88. The van der Waals surface area contributed by atoms with Crippen LogP contribution in [0, 0.1) is 0 Å². The number of carbonyl (C=O) groups is 1. The number of aliphatic imine (C=N–C) groups is 1. The van der Waals surface area contributed by atoms with Crippen LogP contribution >= 0.6 is 0 Å². The molecule has 0 saturated heterocycles. The van der Waals surface area contributed by atoms with Crippen LogP contribution in [0.5, 0.6) is 0 Å². The maximum absolute atomic E-state index is 12.2. The summed E-state index contributed by atoms with van der Waals surface area (Å²) in [5.74, 6) is -0.101. The Hall–Kier alpha value is -2.40. The number of fused-ring (bicyclic) bond motifs is 1. The minimum Gasteiger partial charge on any atom is -0.338 e. The van der Waals surface area contributed by atoms with E-state index in [1.165, 1.54) is 0 Å². The van der Waals surface area contributed by atoms with Crippen LogP contribution in [-0.2, 0) is 0 Å². The Morgan fingerprint density at radius 3 is 3.00 bits per heavy atom. The number of amides is 1.